The van der Waals surface area contributed by atoms with Crippen molar-refractivity contribution < 1.29 is 32.2 Å². The Morgan fingerprint density at radius 1 is 1.14 bits per heavy atom. The van der Waals surface area contributed by atoms with Crippen LogP contribution in [-0.4, -0.2) is 96.7 Å². The molecule has 4 heterocycles. The summed E-state index contributed by atoms with van der Waals surface area (Å²) in [6.45, 7) is 12.2. The molecule has 5 rings (SSSR count). The molecule has 236 valence electrons. The number of hydrogen-bond acceptors (Lipinski definition) is 8. The minimum Gasteiger partial charge on any atom is -0.481 e. The van der Waals surface area contributed by atoms with Gasteiger partial charge in [-0.25, -0.2) is 4.79 Å². The second-order valence-electron chi connectivity index (χ2n) is 12.9. The number of fused-ring (bicyclic) bond motifs is 1. The molecule has 1 aromatic carbocycles. The van der Waals surface area contributed by atoms with Crippen LogP contribution in [0.25, 0.3) is 17.0 Å². The summed E-state index contributed by atoms with van der Waals surface area (Å²) in [4.78, 5) is 28.0. The van der Waals surface area contributed by atoms with E-state index >= 15 is 0 Å². The molecule has 0 aliphatic carbocycles. The van der Waals surface area contributed by atoms with Gasteiger partial charge in [-0.05, 0) is 81.1 Å². The molecule has 0 unspecified atom stereocenters. The lowest BCUT2D eigenvalue weighted by Crippen LogP contribution is -2.62. The Bertz CT molecular complexity index is 1360. The number of ether oxygens (including phenoxy) is 3. The summed E-state index contributed by atoms with van der Waals surface area (Å²) in [5.41, 5.74) is 0.265. The minimum atomic E-state index is -4.53. The fourth-order valence-electron chi connectivity index (χ4n) is 5.91. The van der Waals surface area contributed by atoms with E-state index < -0.39 is 18.4 Å². The van der Waals surface area contributed by atoms with Crippen molar-refractivity contribution in [3.05, 3.63) is 22.7 Å². The van der Waals surface area contributed by atoms with Gasteiger partial charge >= 0.3 is 18.3 Å². The van der Waals surface area contributed by atoms with Crippen molar-refractivity contribution in [3.8, 4) is 11.8 Å². The molecule has 0 atom stereocenters. The Hall–Kier alpha value is -2.80. The number of nitrogens with zero attached hydrogens (tertiary/aromatic N) is 5. The van der Waals surface area contributed by atoms with Gasteiger partial charge in [0.25, 0.3) is 0 Å². The Labute approximate surface area is 258 Å². The van der Waals surface area contributed by atoms with Crippen LogP contribution in [0.5, 0.6) is 11.8 Å². The van der Waals surface area contributed by atoms with E-state index in [0.717, 1.165) is 38.8 Å². The lowest BCUT2D eigenvalue weighted by atomic mass is 9.72. The van der Waals surface area contributed by atoms with Crippen LogP contribution in [0.2, 0.25) is 0 Å². The average Bonchev–Trinajstić information content (AvgIpc) is 2.90. The number of carbonyl (C=O) groups excluding carboxylic acids is 1. The fraction of sp³-hybridized carbons (Fsp3) is 0.633. The van der Waals surface area contributed by atoms with Gasteiger partial charge < -0.3 is 28.9 Å². The maximum absolute atomic E-state index is 13.3. The van der Waals surface area contributed by atoms with Crippen LogP contribution in [0, 0.1) is 5.41 Å². The molecule has 1 aromatic heterocycles. The molecule has 0 bridgehead atoms. The average molecular weight is 671 g/mol. The zero-order valence-electron chi connectivity index (χ0n) is 25.1. The smallest absolute Gasteiger partial charge is 0.422 e. The predicted octanol–water partition coefficient (Wildman–Crippen LogP) is 6.29. The molecule has 0 saturated carbocycles. The molecule has 3 aliphatic rings. The molecular formula is C30H39BrF3N5O4. The summed E-state index contributed by atoms with van der Waals surface area (Å²) < 4.78 is 57.2. The Balaban J connectivity index is 1.44. The zero-order valence-corrected chi connectivity index (χ0v) is 26.7. The van der Waals surface area contributed by atoms with Crippen LogP contribution in [0.15, 0.2) is 17.1 Å². The van der Waals surface area contributed by atoms with E-state index in [2.05, 4.69) is 44.3 Å². The molecule has 9 nitrogen and oxygen atoms in total. The highest BCUT2D eigenvalue weighted by Crippen LogP contribution is 2.45. The highest BCUT2D eigenvalue weighted by Gasteiger charge is 2.48. The molecule has 3 fully saturated rings. The lowest BCUT2D eigenvalue weighted by molar-refractivity contribution is -0.153. The normalized spacial score (nSPS) is 19.8. The predicted molar refractivity (Wildman–Crippen MR) is 162 cm³/mol. The van der Waals surface area contributed by atoms with E-state index in [4.69, 9.17) is 19.2 Å². The van der Waals surface area contributed by atoms with Crippen LogP contribution >= 0.6 is 15.9 Å². The highest BCUT2D eigenvalue weighted by atomic mass is 79.9. The van der Waals surface area contributed by atoms with Crippen molar-refractivity contribution >= 4 is 44.8 Å². The molecule has 1 amide bonds. The van der Waals surface area contributed by atoms with Gasteiger partial charge in [0, 0.05) is 50.1 Å². The molecule has 2 aromatic rings. The number of piperidine rings is 2. The minimum absolute atomic E-state index is 0.0000228. The standard InChI is InChI=1S/C30H39BrF3N5O4/c1-6-19-15-21-23(24(22(19)31)41-18-30(32,33)34)35-26(42-20-7-11-37(5)12-8-20)36-25(21)38-13-9-29(10-14-38)16-39(17-29)27(40)43-28(2,3)4/h6,15,20H,1,7-14,16-18H2,2-5H3. The summed E-state index contributed by atoms with van der Waals surface area (Å²) in [6.07, 6.45) is -0.134. The summed E-state index contributed by atoms with van der Waals surface area (Å²) >= 11 is 3.42. The number of anilines is 1. The first kappa shape index (κ1) is 31.6. The highest BCUT2D eigenvalue weighted by molar-refractivity contribution is 9.10. The maximum atomic E-state index is 13.3. The van der Waals surface area contributed by atoms with Gasteiger partial charge in [-0.2, -0.15) is 23.1 Å². The number of aromatic nitrogens is 2. The van der Waals surface area contributed by atoms with E-state index in [9.17, 15) is 18.0 Å². The third-order valence-electron chi connectivity index (χ3n) is 8.24. The van der Waals surface area contributed by atoms with Crippen molar-refractivity contribution in [2.24, 2.45) is 5.41 Å². The van der Waals surface area contributed by atoms with E-state index in [-0.39, 0.29) is 34.9 Å². The maximum Gasteiger partial charge on any atom is 0.422 e. The van der Waals surface area contributed by atoms with Gasteiger partial charge in [-0.1, -0.05) is 12.7 Å². The van der Waals surface area contributed by atoms with Gasteiger partial charge in [-0.15, -0.1) is 0 Å². The topological polar surface area (TPSA) is 80.3 Å². The van der Waals surface area contributed by atoms with Crippen molar-refractivity contribution in [3.63, 3.8) is 0 Å². The van der Waals surface area contributed by atoms with Gasteiger partial charge in [0.1, 0.15) is 23.0 Å². The van der Waals surface area contributed by atoms with Crippen molar-refractivity contribution in [2.75, 3.05) is 57.8 Å². The molecule has 3 aliphatic heterocycles. The SMILES string of the molecule is C=Cc1cc2c(N3CCC4(CC3)CN(C(=O)OC(C)(C)C)C4)nc(OC3CCN(C)CC3)nc2c(OCC(F)(F)F)c1Br. The fourth-order valence-corrected chi connectivity index (χ4v) is 6.48. The first-order valence-corrected chi connectivity index (χ1v) is 15.4. The number of alkyl halides is 3. The monoisotopic (exact) mass is 669 g/mol. The van der Waals surface area contributed by atoms with Gasteiger partial charge in [-0.3, -0.25) is 0 Å². The zero-order chi connectivity index (χ0) is 31.2. The summed E-state index contributed by atoms with van der Waals surface area (Å²) in [5, 5.41) is 0.561. The molecule has 0 radical (unpaired) electrons. The Kier molecular flexibility index (Phi) is 8.78. The summed E-state index contributed by atoms with van der Waals surface area (Å²) in [7, 11) is 2.05. The first-order valence-electron chi connectivity index (χ1n) is 14.6. The third-order valence-corrected chi connectivity index (χ3v) is 9.06. The Morgan fingerprint density at radius 2 is 1.79 bits per heavy atom. The molecule has 3 saturated heterocycles. The molecule has 1 spiro atoms. The molecule has 13 heteroatoms. The number of amides is 1. The molecule has 0 N–H and O–H groups in total. The number of halogens is 4. The van der Waals surface area contributed by atoms with Gasteiger partial charge in [0.15, 0.2) is 12.4 Å². The van der Waals surface area contributed by atoms with Crippen molar-refractivity contribution in [1.29, 1.82) is 0 Å². The van der Waals surface area contributed by atoms with Gasteiger partial charge in [0.05, 0.1) is 4.47 Å². The van der Waals surface area contributed by atoms with Gasteiger partial charge in [0.2, 0.25) is 0 Å². The van der Waals surface area contributed by atoms with Crippen LogP contribution in [0.4, 0.5) is 23.8 Å². The third kappa shape index (κ3) is 7.30. The number of carbonyl (C=O) groups is 1. The van der Waals surface area contributed by atoms with Crippen LogP contribution in [-0.2, 0) is 4.74 Å². The summed E-state index contributed by atoms with van der Waals surface area (Å²) in [5.74, 6) is 0.556. The second-order valence-corrected chi connectivity index (χ2v) is 13.7. The van der Waals surface area contributed by atoms with Crippen molar-refractivity contribution in [1.82, 2.24) is 19.8 Å². The second kappa shape index (κ2) is 11.9. The number of benzene rings is 1. The number of likely N-dealkylation sites (tertiary alicyclic amines) is 2. The lowest BCUT2D eigenvalue weighted by Gasteiger charge is -2.53. The van der Waals surface area contributed by atoms with E-state index in [1.807, 2.05) is 26.8 Å². The van der Waals surface area contributed by atoms with Crippen LogP contribution < -0.4 is 14.4 Å². The Morgan fingerprint density at radius 3 is 2.37 bits per heavy atom. The van der Waals surface area contributed by atoms with Crippen LogP contribution in [0.1, 0.15) is 52.0 Å². The number of hydrogen-bond donors (Lipinski definition) is 0. The van der Waals surface area contributed by atoms with E-state index in [1.54, 1.807) is 11.0 Å². The molecular weight excluding hydrogens is 631 g/mol. The quantitative estimate of drug-likeness (QED) is 0.355. The first-order chi connectivity index (χ1) is 20.2. The van der Waals surface area contributed by atoms with E-state index in [1.165, 1.54) is 0 Å². The largest absolute Gasteiger partial charge is 0.481 e. The van der Waals surface area contributed by atoms with Crippen LogP contribution in [0.3, 0.4) is 0 Å². The number of rotatable bonds is 6. The van der Waals surface area contributed by atoms with Crippen molar-refractivity contribution in [2.45, 2.75) is 64.3 Å². The summed E-state index contributed by atoms with van der Waals surface area (Å²) in [6, 6.07) is 1.94. The molecule has 43 heavy (non-hydrogen) atoms. The van der Waals surface area contributed by atoms with E-state index in [0.29, 0.717) is 47.4 Å².